The number of nitrogen functional groups attached to an aromatic ring is 1. The normalized spacial score (nSPS) is 10.7. The second kappa shape index (κ2) is 3.56. The van der Waals surface area contributed by atoms with E-state index in [1.165, 1.54) is 6.92 Å². The highest BCUT2D eigenvalue weighted by Crippen LogP contribution is 2.33. The molecule has 0 amide bonds. The molecule has 0 atom stereocenters. The number of anilines is 1. The fourth-order valence-electron chi connectivity index (χ4n) is 1.99. The summed E-state index contributed by atoms with van der Waals surface area (Å²) in [7, 11) is 1.87. The van der Waals surface area contributed by atoms with Crippen LogP contribution in [0, 0.1) is 6.92 Å². The topological polar surface area (TPSA) is 61.2 Å². The third-order valence-electron chi connectivity index (χ3n) is 2.83. The van der Waals surface area contributed by atoms with Gasteiger partial charge >= 0.3 is 0 Å². The van der Waals surface area contributed by atoms with E-state index < -0.39 is 0 Å². The van der Waals surface area contributed by atoms with E-state index in [-0.39, 0.29) is 5.78 Å². The lowest BCUT2D eigenvalue weighted by Crippen LogP contribution is -1.98. The van der Waals surface area contributed by atoms with Crippen LogP contribution >= 0.6 is 0 Å². The van der Waals surface area contributed by atoms with Gasteiger partial charge in [0.1, 0.15) is 5.69 Å². The number of carbonyl (C=O) groups excluding carboxylic acids is 1. The molecule has 0 saturated carbocycles. The minimum absolute atomic E-state index is 0.0246. The Morgan fingerprint density at radius 3 is 2.62 bits per heavy atom. The predicted octanol–water partition coefficient (Wildman–Crippen LogP) is 2.38. The molecule has 0 unspecified atom stereocenters. The summed E-state index contributed by atoms with van der Waals surface area (Å²) in [6, 6.07) is 3.62. The third kappa shape index (κ3) is 1.34. The smallest absolute Gasteiger partial charge is 0.163 e. The maximum atomic E-state index is 11.5. The molecule has 16 heavy (non-hydrogen) atoms. The van der Waals surface area contributed by atoms with Gasteiger partial charge in [0.2, 0.25) is 0 Å². The molecule has 0 aliphatic rings. The van der Waals surface area contributed by atoms with Gasteiger partial charge < -0.3 is 14.7 Å². The molecule has 4 nitrogen and oxygen atoms in total. The van der Waals surface area contributed by atoms with Gasteiger partial charge in [0.15, 0.2) is 11.5 Å². The average molecular weight is 218 g/mol. The Morgan fingerprint density at radius 2 is 2.19 bits per heavy atom. The van der Waals surface area contributed by atoms with Crippen molar-refractivity contribution in [1.82, 2.24) is 4.57 Å². The Kier molecular flexibility index (Phi) is 2.34. The van der Waals surface area contributed by atoms with Crippen LogP contribution in [-0.2, 0) is 7.05 Å². The van der Waals surface area contributed by atoms with Crippen LogP contribution < -0.4 is 5.73 Å². The zero-order valence-electron chi connectivity index (χ0n) is 9.57. The lowest BCUT2D eigenvalue weighted by atomic mass is 10.1. The quantitative estimate of drug-likeness (QED) is 0.787. The maximum Gasteiger partial charge on any atom is 0.163 e. The number of furan rings is 1. The van der Waals surface area contributed by atoms with Gasteiger partial charge in [0, 0.05) is 12.7 Å². The zero-order valence-corrected chi connectivity index (χ0v) is 9.57. The van der Waals surface area contributed by atoms with Crippen LogP contribution in [0.2, 0.25) is 0 Å². The summed E-state index contributed by atoms with van der Waals surface area (Å²) in [6.45, 7) is 3.39. The van der Waals surface area contributed by atoms with E-state index in [1.807, 2.05) is 24.6 Å². The average Bonchev–Trinajstić information content (AvgIpc) is 2.76. The zero-order chi connectivity index (χ0) is 11.9. The molecule has 0 spiro atoms. The van der Waals surface area contributed by atoms with Crippen LogP contribution in [0.3, 0.4) is 0 Å². The highest BCUT2D eigenvalue weighted by molar-refractivity contribution is 6.03. The highest BCUT2D eigenvalue weighted by atomic mass is 16.3. The summed E-state index contributed by atoms with van der Waals surface area (Å²) in [6.07, 6.45) is 1.59. The Balaban J connectivity index is 2.73. The fraction of sp³-hybridized carbons (Fsp3) is 0.250. The van der Waals surface area contributed by atoms with Crippen molar-refractivity contribution in [3.05, 3.63) is 29.7 Å². The van der Waals surface area contributed by atoms with Gasteiger partial charge in [0.05, 0.1) is 17.5 Å². The standard InChI is InChI=1S/C12H14N2O2/c1-7-10(8(2)15)11(13)12(14(7)3)9-5-4-6-16-9/h4-6H,13H2,1-3H3. The molecule has 0 aromatic carbocycles. The number of hydrogen-bond donors (Lipinski definition) is 1. The Morgan fingerprint density at radius 1 is 1.50 bits per heavy atom. The number of rotatable bonds is 2. The lowest BCUT2D eigenvalue weighted by molar-refractivity contribution is 0.101. The molecule has 4 heteroatoms. The molecule has 2 N–H and O–H groups in total. The van der Waals surface area contributed by atoms with E-state index in [9.17, 15) is 4.79 Å². The Hall–Kier alpha value is -1.97. The third-order valence-corrected chi connectivity index (χ3v) is 2.83. The van der Waals surface area contributed by atoms with Crippen molar-refractivity contribution >= 4 is 11.5 Å². The van der Waals surface area contributed by atoms with Crippen LogP contribution in [0.25, 0.3) is 11.5 Å². The summed E-state index contributed by atoms with van der Waals surface area (Å²) >= 11 is 0. The van der Waals surface area contributed by atoms with E-state index in [2.05, 4.69) is 0 Å². The van der Waals surface area contributed by atoms with Crippen molar-refractivity contribution < 1.29 is 9.21 Å². The first kappa shape index (κ1) is 10.5. The summed E-state index contributed by atoms with van der Waals surface area (Å²) in [5.41, 5.74) is 8.68. The van der Waals surface area contributed by atoms with Gasteiger partial charge in [-0.25, -0.2) is 0 Å². The van der Waals surface area contributed by atoms with Crippen LogP contribution in [0.5, 0.6) is 0 Å². The molecule has 2 aromatic heterocycles. The molecule has 0 radical (unpaired) electrons. The molecule has 2 heterocycles. The lowest BCUT2D eigenvalue weighted by Gasteiger charge is -2.02. The Labute approximate surface area is 93.7 Å². The van der Waals surface area contributed by atoms with Crippen molar-refractivity contribution in [1.29, 1.82) is 0 Å². The van der Waals surface area contributed by atoms with E-state index >= 15 is 0 Å². The molecule has 0 aliphatic heterocycles. The number of nitrogens with two attached hydrogens (primary N) is 1. The van der Waals surface area contributed by atoms with Crippen LogP contribution in [0.4, 0.5) is 5.69 Å². The van der Waals surface area contributed by atoms with Gasteiger partial charge in [-0.3, -0.25) is 4.79 Å². The molecule has 0 bridgehead atoms. The van der Waals surface area contributed by atoms with Crippen LogP contribution in [0.15, 0.2) is 22.8 Å². The number of ketones is 1. The number of Topliss-reactive ketones (excluding diaryl/α,β-unsaturated/α-hetero) is 1. The fourth-order valence-corrected chi connectivity index (χ4v) is 1.99. The molecule has 0 aliphatic carbocycles. The van der Waals surface area contributed by atoms with Crippen molar-refractivity contribution in [2.24, 2.45) is 7.05 Å². The molecule has 0 fully saturated rings. The first-order chi connectivity index (χ1) is 7.54. The van der Waals surface area contributed by atoms with Gasteiger partial charge in [-0.05, 0) is 26.0 Å². The van der Waals surface area contributed by atoms with Crippen LogP contribution in [-0.4, -0.2) is 10.4 Å². The van der Waals surface area contributed by atoms with Crippen LogP contribution in [0.1, 0.15) is 23.0 Å². The van der Waals surface area contributed by atoms with Gasteiger partial charge in [0.25, 0.3) is 0 Å². The summed E-state index contributed by atoms with van der Waals surface area (Å²) < 4.78 is 7.20. The second-order valence-corrected chi connectivity index (χ2v) is 3.82. The van der Waals surface area contributed by atoms with Crippen molar-refractivity contribution in [2.75, 3.05) is 5.73 Å². The summed E-state index contributed by atoms with van der Waals surface area (Å²) in [4.78, 5) is 11.5. The first-order valence-electron chi connectivity index (χ1n) is 5.03. The maximum absolute atomic E-state index is 11.5. The second-order valence-electron chi connectivity index (χ2n) is 3.82. The van der Waals surface area contributed by atoms with E-state index in [1.54, 1.807) is 12.3 Å². The highest BCUT2D eigenvalue weighted by Gasteiger charge is 2.21. The molecule has 2 rings (SSSR count). The number of carbonyl (C=O) groups is 1. The van der Waals surface area contributed by atoms with Crippen molar-refractivity contribution in [3.8, 4) is 11.5 Å². The minimum Gasteiger partial charge on any atom is -0.463 e. The van der Waals surface area contributed by atoms with E-state index in [0.29, 0.717) is 17.0 Å². The molecule has 84 valence electrons. The number of nitrogens with zero attached hydrogens (tertiary/aromatic N) is 1. The first-order valence-corrected chi connectivity index (χ1v) is 5.03. The largest absolute Gasteiger partial charge is 0.463 e. The van der Waals surface area contributed by atoms with Gasteiger partial charge in [-0.2, -0.15) is 0 Å². The van der Waals surface area contributed by atoms with Crippen molar-refractivity contribution in [2.45, 2.75) is 13.8 Å². The minimum atomic E-state index is -0.0246. The monoisotopic (exact) mass is 218 g/mol. The molecular formula is C12H14N2O2. The van der Waals surface area contributed by atoms with E-state index in [4.69, 9.17) is 10.2 Å². The van der Waals surface area contributed by atoms with Gasteiger partial charge in [-0.1, -0.05) is 0 Å². The summed E-state index contributed by atoms with van der Waals surface area (Å²) in [5.74, 6) is 0.652. The van der Waals surface area contributed by atoms with Crippen molar-refractivity contribution in [3.63, 3.8) is 0 Å². The predicted molar refractivity (Wildman–Crippen MR) is 62.3 cm³/mol. The molecular weight excluding hydrogens is 204 g/mol. The van der Waals surface area contributed by atoms with Gasteiger partial charge in [-0.15, -0.1) is 0 Å². The van der Waals surface area contributed by atoms with E-state index in [0.717, 1.165) is 11.4 Å². The SMILES string of the molecule is CC(=O)c1c(N)c(-c2ccco2)n(C)c1C. The number of hydrogen-bond acceptors (Lipinski definition) is 3. The molecule has 0 saturated heterocycles. The summed E-state index contributed by atoms with van der Waals surface area (Å²) in [5, 5.41) is 0. The molecule has 2 aromatic rings. The Bertz CT molecular complexity index is 536. The number of aromatic nitrogens is 1.